The van der Waals surface area contributed by atoms with Gasteiger partial charge in [0.25, 0.3) is 0 Å². The summed E-state index contributed by atoms with van der Waals surface area (Å²) >= 11 is 0. The molecule has 0 saturated heterocycles. The van der Waals surface area contributed by atoms with Crippen molar-refractivity contribution >= 4 is 10.9 Å². The van der Waals surface area contributed by atoms with E-state index >= 15 is 0 Å². The number of hydrogen-bond donors (Lipinski definition) is 2. The van der Waals surface area contributed by atoms with E-state index < -0.39 is 6.10 Å². The molecule has 4 aromatic rings. The molecule has 3 aromatic heterocycles. The molecule has 0 spiro atoms. The maximum atomic E-state index is 10.7. The maximum absolute atomic E-state index is 10.7. The highest BCUT2D eigenvalue weighted by atomic mass is 16.3. The molecule has 27 heavy (non-hydrogen) atoms. The number of aromatic nitrogens is 5. The molecule has 0 unspecified atom stereocenters. The van der Waals surface area contributed by atoms with Crippen LogP contribution >= 0.6 is 0 Å². The second-order valence-corrected chi connectivity index (χ2v) is 7.14. The van der Waals surface area contributed by atoms with Gasteiger partial charge in [-0.3, -0.25) is 14.3 Å². The summed E-state index contributed by atoms with van der Waals surface area (Å²) in [4.78, 5) is 5.77. The van der Waals surface area contributed by atoms with Gasteiger partial charge in [-0.2, -0.15) is 10.2 Å². The van der Waals surface area contributed by atoms with Crippen molar-refractivity contribution < 1.29 is 5.11 Å². The van der Waals surface area contributed by atoms with Crippen LogP contribution in [-0.4, -0.2) is 41.1 Å². The van der Waals surface area contributed by atoms with Crippen LogP contribution in [-0.2, 0) is 26.7 Å². The number of aryl methyl sites for hydroxylation is 1. The first-order valence-corrected chi connectivity index (χ1v) is 9.19. The molecule has 1 atom stereocenters. The number of nitrogens with one attached hydrogen (secondary N) is 1. The quantitative estimate of drug-likeness (QED) is 0.584. The number of aromatic amines is 1. The van der Waals surface area contributed by atoms with Gasteiger partial charge in [0, 0.05) is 44.6 Å². The highest BCUT2D eigenvalue weighted by Gasteiger charge is 2.23. The van der Waals surface area contributed by atoms with E-state index in [-0.39, 0.29) is 0 Å². The fraction of sp³-hybridized carbons (Fsp3) is 0.300. The van der Waals surface area contributed by atoms with Crippen LogP contribution in [0.1, 0.15) is 28.7 Å². The number of benzene rings is 1. The Kier molecular flexibility index (Phi) is 3.84. The Balaban J connectivity index is 1.36. The van der Waals surface area contributed by atoms with Crippen LogP contribution in [0.15, 0.2) is 48.8 Å². The number of hydrogen-bond acceptors (Lipinski definition) is 4. The first kappa shape index (κ1) is 16.3. The van der Waals surface area contributed by atoms with Gasteiger partial charge in [0.2, 0.25) is 0 Å². The van der Waals surface area contributed by atoms with E-state index in [0.29, 0.717) is 5.69 Å². The van der Waals surface area contributed by atoms with Gasteiger partial charge in [-0.1, -0.05) is 18.2 Å². The SMILES string of the molecule is Cn1nccc1[C@@H](O)c1cc2n(n1)CCN(Cc1cccc3cc[nH]c13)C2. The summed E-state index contributed by atoms with van der Waals surface area (Å²) in [6.45, 7) is 3.48. The molecule has 0 aliphatic carbocycles. The molecule has 0 bridgehead atoms. The van der Waals surface area contributed by atoms with Crippen molar-refractivity contribution in [2.45, 2.75) is 25.7 Å². The van der Waals surface area contributed by atoms with Gasteiger partial charge in [-0.05, 0) is 29.1 Å². The van der Waals surface area contributed by atoms with Gasteiger partial charge >= 0.3 is 0 Å². The molecule has 0 amide bonds. The van der Waals surface area contributed by atoms with Crippen LogP contribution in [0.2, 0.25) is 0 Å². The van der Waals surface area contributed by atoms with E-state index in [4.69, 9.17) is 0 Å². The Morgan fingerprint density at radius 3 is 3.00 bits per heavy atom. The van der Waals surface area contributed by atoms with Gasteiger partial charge < -0.3 is 10.1 Å². The molecule has 1 aromatic carbocycles. The molecule has 138 valence electrons. The van der Waals surface area contributed by atoms with E-state index in [0.717, 1.165) is 37.6 Å². The number of rotatable bonds is 4. The average Bonchev–Trinajstić information content (AvgIpc) is 3.40. The van der Waals surface area contributed by atoms with Crippen molar-refractivity contribution in [2.75, 3.05) is 6.54 Å². The third kappa shape index (κ3) is 2.85. The van der Waals surface area contributed by atoms with Crippen LogP contribution in [0.5, 0.6) is 0 Å². The second-order valence-electron chi connectivity index (χ2n) is 7.14. The van der Waals surface area contributed by atoms with E-state index in [1.165, 1.54) is 16.5 Å². The summed E-state index contributed by atoms with van der Waals surface area (Å²) in [6, 6.07) is 12.4. The van der Waals surface area contributed by atoms with Gasteiger partial charge in [0.15, 0.2) is 0 Å². The topological polar surface area (TPSA) is 74.9 Å². The minimum Gasteiger partial charge on any atom is -0.380 e. The number of H-pyrrole nitrogens is 1. The molecule has 1 aliphatic rings. The Hall–Kier alpha value is -2.90. The third-order valence-corrected chi connectivity index (χ3v) is 5.38. The van der Waals surface area contributed by atoms with Crippen molar-refractivity contribution in [1.82, 2.24) is 29.4 Å². The zero-order valence-electron chi connectivity index (χ0n) is 15.2. The highest BCUT2D eigenvalue weighted by Crippen LogP contribution is 2.25. The van der Waals surface area contributed by atoms with Gasteiger partial charge in [0.05, 0.1) is 23.6 Å². The summed E-state index contributed by atoms with van der Waals surface area (Å²) in [5.41, 5.74) is 5.09. The number of aliphatic hydroxyl groups is 1. The largest absolute Gasteiger partial charge is 0.380 e. The van der Waals surface area contributed by atoms with E-state index in [1.807, 2.05) is 30.1 Å². The first-order chi connectivity index (χ1) is 13.2. The summed E-state index contributed by atoms with van der Waals surface area (Å²) in [7, 11) is 1.83. The van der Waals surface area contributed by atoms with Crippen molar-refractivity contribution in [3.8, 4) is 0 Å². The maximum Gasteiger partial charge on any atom is 0.139 e. The van der Waals surface area contributed by atoms with E-state index in [9.17, 15) is 5.11 Å². The van der Waals surface area contributed by atoms with Crippen LogP contribution in [0, 0.1) is 0 Å². The highest BCUT2D eigenvalue weighted by molar-refractivity contribution is 5.82. The standard InChI is InChI=1S/C20H22N6O/c1-24-18(6-8-22-24)20(27)17-11-16-13-25(9-10-26(16)23-17)12-15-4-2-3-14-5-7-21-19(14)15/h2-8,11,20-21,27H,9-10,12-13H2,1H3/t20-/m0/s1. The molecule has 0 fully saturated rings. The fourth-order valence-electron chi connectivity index (χ4n) is 3.94. The number of fused-ring (bicyclic) bond motifs is 2. The number of para-hydroxylation sites is 1. The van der Waals surface area contributed by atoms with Crippen molar-refractivity contribution in [1.29, 1.82) is 0 Å². The molecular formula is C20H22N6O. The molecule has 1 aliphatic heterocycles. The minimum atomic E-state index is -0.753. The number of nitrogens with zero attached hydrogens (tertiary/aromatic N) is 5. The predicted octanol–water partition coefficient (Wildman–Crippen LogP) is 2.20. The molecule has 7 nitrogen and oxygen atoms in total. The molecule has 2 N–H and O–H groups in total. The lowest BCUT2D eigenvalue weighted by Gasteiger charge is -2.27. The molecule has 7 heteroatoms. The monoisotopic (exact) mass is 362 g/mol. The summed E-state index contributed by atoms with van der Waals surface area (Å²) < 4.78 is 3.70. The molecule has 5 rings (SSSR count). The Bertz CT molecular complexity index is 1090. The van der Waals surface area contributed by atoms with Crippen molar-refractivity contribution in [3.63, 3.8) is 0 Å². The normalized spacial score (nSPS) is 15.9. The average molecular weight is 362 g/mol. The lowest BCUT2D eigenvalue weighted by atomic mass is 10.1. The number of aliphatic hydroxyl groups excluding tert-OH is 1. The first-order valence-electron chi connectivity index (χ1n) is 9.19. The van der Waals surface area contributed by atoms with Crippen molar-refractivity contribution in [3.05, 3.63) is 71.4 Å². The Morgan fingerprint density at radius 1 is 1.22 bits per heavy atom. The van der Waals surface area contributed by atoms with Crippen LogP contribution < -0.4 is 0 Å². The third-order valence-electron chi connectivity index (χ3n) is 5.38. The van der Waals surface area contributed by atoms with Crippen LogP contribution in [0.3, 0.4) is 0 Å². The fourth-order valence-corrected chi connectivity index (χ4v) is 3.94. The van der Waals surface area contributed by atoms with Crippen molar-refractivity contribution in [2.24, 2.45) is 7.05 Å². The summed E-state index contributed by atoms with van der Waals surface area (Å²) in [5, 5.41) is 20.7. The molecular weight excluding hydrogens is 340 g/mol. The molecule has 0 radical (unpaired) electrons. The zero-order chi connectivity index (χ0) is 18.4. The van der Waals surface area contributed by atoms with Crippen LogP contribution in [0.25, 0.3) is 10.9 Å². The van der Waals surface area contributed by atoms with E-state index in [2.05, 4.69) is 44.3 Å². The van der Waals surface area contributed by atoms with Gasteiger partial charge in [-0.25, -0.2) is 0 Å². The smallest absolute Gasteiger partial charge is 0.139 e. The molecule has 0 saturated carbocycles. The summed E-state index contributed by atoms with van der Waals surface area (Å²) in [6.07, 6.45) is 2.93. The Labute approximate surface area is 156 Å². The Morgan fingerprint density at radius 2 is 2.15 bits per heavy atom. The zero-order valence-corrected chi connectivity index (χ0v) is 15.2. The lowest BCUT2D eigenvalue weighted by molar-refractivity contribution is 0.196. The molecule has 4 heterocycles. The van der Waals surface area contributed by atoms with E-state index in [1.54, 1.807) is 10.9 Å². The van der Waals surface area contributed by atoms with Gasteiger partial charge in [-0.15, -0.1) is 0 Å². The second kappa shape index (κ2) is 6.37. The summed E-state index contributed by atoms with van der Waals surface area (Å²) in [5.74, 6) is 0. The lowest BCUT2D eigenvalue weighted by Crippen LogP contribution is -2.33. The minimum absolute atomic E-state index is 0.682. The van der Waals surface area contributed by atoms with Gasteiger partial charge in [0.1, 0.15) is 6.10 Å². The van der Waals surface area contributed by atoms with Crippen LogP contribution in [0.4, 0.5) is 0 Å². The predicted molar refractivity (Wildman–Crippen MR) is 102 cm³/mol.